The number of carbonyl (C=O) groups excluding carboxylic acids is 1. The third kappa shape index (κ3) is 5.42. The number of halogens is 3. The van der Waals surface area contributed by atoms with Gasteiger partial charge in [0.1, 0.15) is 12.4 Å². The third-order valence-electron chi connectivity index (χ3n) is 2.83. The molecule has 0 spiro atoms. The molecule has 0 heterocycles. The van der Waals surface area contributed by atoms with Crippen LogP contribution in [0.3, 0.4) is 0 Å². The van der Waals surface area contributed by atoms with Crippen molar-refractivity contribution >= 4 is 66.6 Å². The van der Waals surface area contributed by atoms with Gasteiger partial charge in [-0.2, -0.15) is 5.10 Å². The number of hydrogen-bond donors (Lipinski definition) is 1. The molecule has 0 atom stereocenters. The Hall–Kier alpha value is -1.19. The Kier molecular flexibility index (Phi) is 7.44. The summed E-state index contributed by atoms with van der Waals surface area (Å²) in [6.07, 6.45) is 3.24. The highest BCUT2D eigenvalue weighted by Gasteiger charge is 2.08. The first kappa shape index (κ1) is 19.1. The molecule has 1 N–H and O–H groups in total. The van der Waals surface area contributed by atoms with Gasteiger partial charge < -0.3 is 4.74 Å². The summed E-state index contributed by atoms with van der Waals surface area (Å²) < 4.78 is 8.11. The number of nitrogens with zero attached hydrogens (tertiary/aromatic N) is 1. The molecule has 4 nitrogen and oxygen atoms in total. The first-order valence-corrected chi connectivity index (χ1v) is 9.49. The van der Waals surface area contributed by atoms with Gasteiger partial charge in [0.25, 0.3) is 5.91 Å². The van der Waals surface area contributed by atoms with Crippen LogP contribution in [0.25, 0.3) is 0 Å². The van der Waals surface area contributed by atoms with Crippen LogP contribution in [-0.2, 0) is 0 Å². The zero-order valence-electron chi connectivity index (χ0n) is 12.4. The molecule has 24 heavy (non-hydrogen) atoms. The quantitative estimate of drug-likeness (QED) is 0.229. The highest BCUT2D eigenvalue weighted by Crippen LogP contribution is 2.34. The molecule has 0 aliphatic carbocycles. The maximum atomic E-state index is 12.0. The Balaban J connectivity index is 2.06. The van der Waals surface area contributed by atoms with E-state index >= 15 is 0 Å². The Bertz CT molecular complexity index is 771. The van der Waals surface area contributed by atoms with Crippen LogP contribution in [0.2, 0.25) is 0 Å². The van der Waals surface area contributed by atoms with Gasteiger partial charge in [-0.15, -0.1) is 0 Å². The van der Waals surface area contributed by atoms with Gasteiger partial charge in [-0.05, 0) is 90.3 Å². The minimum atomic E-state index is -0.256. The summed E-state index contributed by atoms with van der Waals surface area (Å²) in [5, 5.41) is 4.00. The normalized spacial score (nSPS) is 10.6. The van der Waals surface area contributed by atoms with Crippen molar-refractivity contribution in [1.29, 1.82) is 0 Å². The van der Waals surface area contributed by atoms with Gasteiger partial charge in [-0.3, -0.25) is 4.79 Å². The lowest BCUT2D eigenvalue weighted by molar-refractivity contribution is 0.0955. The molecule has 2 aromatic rings. The summed E-state index contributed by atoms with van der Waals surface area (Å²) in [5.74, 6) is 0.434. The van der Waals surface area contributed by atoms with Crippen molar-refractivity contribution < 1.29 is 9.53 Å². The molecule has 0 aromatic heterocycles. The van der Waals surface area contributed by atoms with Crippen molar-refractivity contribution in [2.24, 2.45) is 5.10 Å². The molecule has 124 valence electrons. The number of rotatable bonds is 6. The van der Waals surface area contributed by atoms with E-state index < -0.39 is 0 Å². The van der Waals surface area contributed by atoms with Gasteiger partial charge in [-0.25, -0.2) is 5.43 Å². The van der Waals surface area contributed by atoms with Crippen LogP contribution in [0, 0.1) is 3.57 Å². The van der Waals surface area contributed by atoms with E-state index in [0.29, 0.717) is 17.9 Å². The van der Waals surface area contributed by atoms with Crippen LogP contribution >= 0.6 is 54.5 Å². The zero-order valence-corrected chi connectivity index (χ0v) is 17.8. The molecular weight excluding hydrogens is 551 g/mol. The van der Waals surface area contributed by atoms with Gasteiger partial charge in [0.2, 0.25) is 0 Å². The second kappa shape index (κ2) is 9.33. The molecule has 0 unspecified atom stereocenters. The summed E-state index contributed by atoms with van der Waals surface area (Å²) in [6.45, 7) is 4.04. The molecule has 0 saturated heterocycles. The highest BCUT2D eigenvalue weighted by atomic mass is 127. The van der Waals surface area contributed by atoms with Crippen molar-refractivity contribution in [2.75, 3.05) is 6.61 Å². The molecule has 0 aliphatic rings. The molecular formula is C17H13Br2IN2O2. The number of ether oxygens (including phenoxy) is 1. The molecule has 0 fully saturated rings. The fourth-order valence-corrected chi connectivity index (χ4v) is 3.79. The van der Waals surface area contributed by atoms with Gasteiger partial charge in [-0.1, -0.05) is 18.7 Å². The van der Waals surface area contributed by atoms with E-state index in [1.54, 1.807) is 24.4 Å². The minimum absolute atomic E-state index is 0.256. The largest absolute Gasteiger partial charge is 0.487 e. The summed E-state index contributed by atoms with van der Waals surface area (Å²) in [6, 6.07) is 11.0. The first-order chi connectivity index (χ1) is 11.5. The summed E-state index contributed by atoms with van der Waals surface area (Å²) in [4.78, 5) is 12.0. The Morgan fingerprint density at radius 3 is 2.62 bits per heavy atom. The first-order valence-electron chi connectivity index (χ1n) is 6.83. The van der Waals surface area contributed by atoms with Crippen molar-refractivity contribution in [3.8, 4) is 5.75 Å². The molecule has 1 amide bonds. The van der Waals surface area contributed by atoms with E-state index in [-0.39, 0.29) is 5.91 Å². The minimum Gasteiger partial charge on any atom is -0.487 e. The van der Waals surface area contributed by atoms with Crippen LogP contribution < -0.4 is 10.2 Å². The lowest BCUT2D eigenvalue weighted by Crippen LogP contribution is -2.17. The van der Waals surface area contributed by atoms with Crippen LogP contribution in [0.5, 0.6) is 5.75 Å². The monoisotopic (exact) mass is 562 g/mol. The van der Waals surface area contributed by atoms with Gasteiger partial charge >= 0.3 is 0 Å². The van der Waals surface area contributed by atoms with E-state index in [1.807, 2.05) is 24.3 Å². The van der Waals surface area contributed by atoms with Crippen LogP contribution in [0.15, 0.2) is 63.1 Å². The fraction of sp³-hybridized carbons (Fsp3) is 0.0588. The molecule has 2 rings (SSSR count). The second-order valence-corrected chi connectivity index (χ2v) is 7.58. The van der Waals surface area contributed by atoms with E-state index in [1.165, 1.54) is 0 Å². The zero-order chi connectivity index (χ0) is 17.5. The number of benzene rings is 2. The predicted octanol–water partition coefficient (Wildman–Crippen LogP) is 5.14. The fourth-order valence-electron chi connectivity index (χ4n) is 1.79. The average molecular weight is 564 g/mol. The smallest absolute Gasteiger partial charge is 0.271 e. The number of hydrogen-bond acceptors (Lipinski definition) is 3. The van der Waals surface area contributed by atoms with E-state index in [2.05, 4.69) is 71.6 Å². The van der Waals surface area contributed by atoms with Crippen molar-refractivity contribution in [2.45, 2.75) is 0 Å². The topological polar surface area (TPSA) is 50.7 Å². The molecule has 0 bridgehead atoms. The number of carbonyl (C=O) groups is 1. The van der Waals surface area contributed by atoms with Crippen molar-refractivity contribution in [1.82, 2.24) is 5.43 Å². The molecule has 0 aliphatic heterocycles. The summed E-state index contributed by atoms with van der Waals surface area (Å²) >= 11 is 9.07. The number of nitrogens with one attached hydrogen (secondary N) is 1. The maximum absolute atomic E-state index is 12.0. The average Bonchev–Trinajstić information content (AvgIpc) is 2.54. The Morgan fingerprint density at radius 2 is 2.00 bits per heavy atom. The Labute approximate surface area is 170 Å². The van der Waals surface area contributed by atoms with Crippen molar-refractivity contribution in [3.63, 3.8) is 0 Å². The third-order valence-corrected chi connectivity index (χ3v) is 4.68. The number of amides is 1. The SMILES string of the molecule is C=CCOc1c(Br)cc(/C=N\NC(=O)c2cccc(I)c2)cc1Br. The molecule has 2 aromatic carbocycles. The van der Waals surface area contributed by atoms with E-state index in [9.17, 15) is 4.79 Å². The van der Waals surface area contributed by atoms with Gasteiger partial charge in [0.15, 0.2) is 0 Å². The van der Waals surface area contributed by atoms with E-state index in [0.717, 1.165) is 18.1 Å². The highest BCUT2D eigenvalue weighted by molar-refractivity contribution is 14.1. The second-order valence-electron chi connectivity index (χ2n) is 4.62. The van der Waals surface area contributed by atoms with Crippen molar-refractivity contribution in [3.05, 3.63) is 72.7 Å². The predicted molar refractivity (Wildman–Crippen MR) is 112 cm³/mol. The summed E-state index contributed by atoms with van der Waals surface area (Å²) in [5.41, 5.74) is 3.89. The van der Waals surface area contributed by atoms with Gasteiger partial charge in [0, 0.05) is 9.13 Å². The van der Waals surface area contributed by atoms with Crippen LogP contribution in [0.1, 0.15) is 15.9 Å². The molecule has 0 saturated carbocycles. The molecule has 0 radical (unpaired) electrons. The maximum Gasteiger partial charge on any atom is 0.271 e. The lowest BCUT2D eigenvalue weighted by Gasteiger charge is -2.09. The molecule has 7 heteroatoms. The standard InChI is InChI=1S/C17H13Br2IN2O2/c1-2-6-24-16-14(18)7-11(8-15(16)19)10-21-22-17(23)12-4-3-5-13(20)9-12/h2-5,7-10H,1,6H2,(H,22,23)/b21-10-. The number of hydrazone groups is 1. The lowest BCUT2D eigenvalue weighted by atomic mass is 10.2. The summed E-state index contributed by atoms with van der Waals surface area (Å²) in [7, 11) is 0. The Morgan fingerprint density at radius 1 is 1.29 bits per heavy atom. The van der Waals surface area contributed by atoms with Crippen LogP contribution in [-0.4, -0.2) is 18.7 Å². The van der Waals surface area contributed by atoms with Gasteiger partial charge in [0.05, 0.1) is 15.2 Å². The van der Waals surface area contributed by atoms with Crippen LogP contribution in [0.4, 0.5) is 0 Å². The van der Waals surface area contributed by atoms with E-state index in [4.69, 9.17) is 4.74 Å².